The molecule has 2 heterocycles. The monoisotopic (exact) mass is 252 g/mol. The number of hydrogen-bond donors (Lipinski definition) is 0. The Kier molecular flexibility index (Phi) is 4.66. The van der Waals surface area contributed by atoms with E-state index >= 15 is 0 Å². The molecular formula is C15H28N2O. The van der Waals surface area contributed by atoms with Crippen LogP contribution >= 0.6 is 0 Å². The standard InChI is InChI=1S/C15H28N2O/c1-3-5-11-16-12-6-8-15(10-13-16)9-7-14(18)17(15)4-2/h3-13H2,1-2H3/t15-/m1/s1. The zero-order valence-electron chi connectivity index (χ0n) is 12.1. The van der Waals surface area contributed by atoms with E-state index in [1.165, 1.54) is 51.7 Å². The summed E-state index contributed by atoms with van der Waals surface area (Å²) < 4.78 is 0. The smallest absolute Gasteiger partial charge is 0.223 e. The Hall–Kier alpha value is -0.570. The molecule has 18 heavy (non-hydrogen) atoms. The van der Waals surface area contributed by atoms with Gasteiger partial charge in [-0.2, -0.15) is 0 Å². The molecule has 0 aromatic carbocycles. The largest absolute Gasteiger partial charge is 0.337 e. The highest BCUT2D eigenvalue weighted by atomic mass is 16.2. The van der Waals surface area contributed by atoms with E-state index in [1.807, 2.05) is 0 Å². The molecule has 0 bridgehead atoms. The van der Waals surface area contributed by atoms with Gasteiger partial charge in [0, 0.05) is 25.0 Å². The lowest BCUT2D eigenvalue weighted by Crippen LogP contribution is -2.46. The zero-order valence-corrected chi connectivity index (χ0v) is 12.1. The SMILES string of the molecule is CCCCN1CCC[C@@]2(CCC(=O)N2CC)CC1. The number of rotatable bonds is 4. The maximum absolute atomic E-state index is 12.0. The highest BCUT2D eigenvalue weighted by Crippen LogP contribution is 2.38. The number of unbranched alkanes of at least 4 members (excludes halogenated alkanes) is 1. The summed E-state index contributed by atoms with van der Waals surface area (Å²) in [6, 6.07) is 0. The lowest BCUT2D eigenvalue weighted by Gasteiger charge is -2.37. The molecule has 3 heteroatoms. The maximum atomic E-state index is 12.0. The molecule has 104 valence electrons. The molecule has 1 amide bonds. The Morgan fingerprint density at radius 3 is 2.72 bits per heavy atom. The fourth-order valence-corrected chi connectivity index (χ4v) is 3.75. The molecule has 3 nitrogen and oxygen atoms in total. The molecule has 2 aliphatic heterocycles. The second kappa shape index (κ2) is 6.05. The van der Waals surface area contributed by atoms with E-state index in [0.29, 0.717) is 5.91 Å². The van der Waals surface area contributed by atoms with Crippen molar-refractivity contribution in [3.05, 3.63) is 0 Å². The third-order valence-corrected chi connectivity index (χ3v) is 4.83. The molecule has 0 unspecified atom stereocenters. The van der Waals surface area contributed by atoms with Crippen LogP contribution in [0, 0.1) is 0 Å². The Morgan fingerprint density at radius 2 is 2.00 bits per heavy atom. The molecule has 2 aliphatic rings. The van der Waals surface area contributed by atoms with Gasteiger partial charge in [-0.3, -0.25) is 4.79 Å². The van der Waals surface area contributed by atoms with Gasteiger partial charge in [0.1, 0.15) is 0 Å². The summed E-state index contributed by atoms with van der Waals surface area (Å²) in [5.41, 5.74) is 0.215. The predicted octanol–water partition coefficient (Wildman–Crippen LogP) is 2.65. The molecular weight excluding hydrogens is 224 g/mol. The van der Waals surface area contributed by atoms with E-state index in [9.17, 15) is 4.79 Å². The number of nitrogens with zero attached hydrogens (tertiary/aromatic N) is 2. The van der Waals surface area contributed by atoms with Gasteiger partial charge < -0.3 is 9.80 Å². The van der Waals surface area contributed by atoms with Crippen LogP contribution in [0.3, 0.4) is 0 Å². The van der Waals surface area contributed by atoms with Crippen LogP contribution in [0.15, 0.2) is 0 Å². The van der Waals surface area contributed by atoms with Crippen molar-refractivity contribution in [1.82, 2.24) is 9.80 Å². The Balaban J connectivity index is 1.97. The van der Waals surface area contributed by atoms with Crippen LogP contribution in [0.25, 0.3) is 0 Å². The second-order valence-corrected chi connectivity index (χ2v) is 5.91. The van der Waals surface area contributed by atoms with Gasteiger partial charge >= 0.3 is 0 Å². The fraction of sp³-hybridized carbons (Fsp3) is 0.933. The summed E-state index contributed by atoms with van der Waals surface area (Å²) >= 11 is 0. The number of likely N-dealkylation sites (tertiary alicyclic amines) is 2. The van der Waals surface area contributed by atoms with E-state index in [4.69, 9.17) is 0 Å². The van der Waals surface area contributed by atoms with Gasteiger partial charge in [-0.05, 0) is 52.1 Å². The summed E-state index contributed by atoms with van der Waals surface area (Å²) in [5, 5.41) is 0. The second-order valence-electron chi connectivity index (χ2n) is 5.91. The van der Waals surface area contributed by atoms with Gasteiger partial charge in [0.25, 0.3) is 0 Å². The summed E-state index contributed by atoms with van der Waals surface area (Å²) in [4.78, 5) is 16.7. The average molecular weight is 252 g/mol. The number of carbonyl (C=O) groups is 1. The number of carbonyl (C=O) groups excluding carboxylic acids is 1. The van der Waals surface area contributed by atoms with Crippen LogP contribution < -0.4 is 0 Å². The molecule has 2 saturated heterocycles. The third kappa shape index (κ3) is 2.71. The zero-order chi connectivity index (χ0) is 13.0. The normalized spacial score (nSPS) is 30.1. The van der Waals surface area contributed by atoms with Gasteiger partial charge in [-0.1, -0.05) is 13.3 Å². The van der Waals surface area contributed by atoms with E-state index < -0.39 is 0 Å². The highest BCUT2D eigenvalue weighted by Gasteiger charge is 2.44. The van der Waals surface area contributed by atoms with Crippen molar-refractivity contribution in [3.8, 4) is 0 Å². The molecule has 2 rings (SSSR count). The molecule has 1 atom stereocenters. The highest BCUT2D eigenvalue weighted by molar-refractivity contribution is 5.79. The van der Waals surface area contributed by atoms with Gasteiger partial charge in [0.15, 0.2) is 0 Å². The van der Waals surface area contributed by atoms with E-state index in [2.05, 4.69) is 23.6 Å². The molecule has 0 radical (unpaired) electrons. The van der Waals surface area contributed by atoms with Crippen LogP contribution in [0.5, 0.6) is 0 Å². The van der Waals surface area contributed by atoms with Crippen molar-refractivity contribution in [1.29, 1.82) is 0 Å². The molecule has 0 N–H and O–H groups in total. The minimum atomic E-state index is 0.215. The van der Waals surface area contributed by atoms with Crippen molar-refractivity contribution in [3.63, 3.8) is 0 Å². The van der Waals surface area contributed by atoms with Crippen LogP contribution in [0.4, 0.5) is 0 Å². The predicted molar refractivity (Wildman–Crippen MR) is 74.6 cm³/mol. The van der Waals surface area contributed by atoms with Crippen LogP contribution in [-0.2, 0) is 4.79 Å². The van der Waals surface area contributed by atoms with Crippen LogP contribution in [-0.4, -0.2) is 47.4 Å². The molecule has 0 saturated carbocycles. The molecule has 0 aromatic rings. The lowest BCUT2D eigenvalue weighted by atomic mass is 9.88. The number of amides is 1. The van der Waals surface area contributed by atoms with Crippen molar-refractivity contribution < 1.29 is 4.79 Å². The summed E-state index contributed by atoms with van der Waals surface area (Å²) in [7, 11) is 0. The minimum Gasteiger partial charge on any atom is -0.337 e. The molecule has 2 fully saturated rings. The Labute approximate surface area is 112 Å². The van der Waals surface area contributed by atoms with Crippen molar-refractivity contribution in [2.75, 3.05) is 26.2 Å². The van der Waals surface area contributed by atoms with Gasteiger partial charge in [0.05, 0.1) is 0 Å². The van der Waals surface area contributed by atoms with E-state index in [-0.39, 0.29) is 5.54 Å². The maximum Gasteiger partial charge on any atom is 0.223 e. The first-order chi connectivity index (χ1) is 8.72. The van der Waals surface area contributed by atoms with Gasteiger partial charge in [0.2, 0.25) is 5.91 Å². The lowest BCUT2D eigenvalue weighted by molar-refractivity contribution is -0.131. The summed E-state index contributed by atoms with van der Waals surface area (Å²) in [5.74, 6) is 0.388. The van der Waals surface area contributed by atoms with Crippen molar-refractivity contribution in [2.24, 2.45) is 0 Å². The van der Waals surface area contributed by atoms with Crippen molar-refractivity contribution in [2.45, 2.75) is 64.3 Å². The minimum absolute atomic E-state index is 0.215. The van der Waals surface area contributed by atoms with Crippen LogP contribution in [0.2, 0.25) is 0 Å². The van der Waals surface area contributed by atoms with Crippen molar-refractivity contribution >= 4 is 5.91 Å². The Morgan fingerprint density at radius 1 is 1.17 bits per heavy atom. The first-order valence-electron chi connectivity index (χ1n) is 7.74. The fourth-order valence-electron chi connectivity index (χ4n) is 3.75. The first kappa shape index (κ1) is 13.9. The van der Waals surface area contributed by atoms with E-state index in [1.54, 1.807) is 0 Å². The summed E-state index contributed by atoms with van der Waals surface area (Å²) in [6.07, 6.45) is 8.13. The quantitative estimate of drug-likeness (QED) is 0.768. The molecule has 0 aromatic heterocycles. The first-order valence-corrected chi connectivity index (χ1v) is 7.74. The van der Waals surface area contributed by atoms with Crippen LogP contribution in [0.1, 0.15) is 58.8 Å². The molecule has 1 spiro atoms. The topological polar surface area (TPSA) is 23.6 Å². The number of hydrogen-bond acceptors (Lipinski definition) is 2. The van der Waals surface area contributed by atoms with Gasteiger partial charge in [-0.25, -0.2) is 0 Å². The third-order valence-electron chi connectivity index (χ3n) is 4.83. The Bertz CT molecular complexity index is 292. The average Bonchev–Trinajstić information content (AvgIpc) is 2.56. The summed E-state index contributed by atoms with van der Waals surface area (Å²) in [6.45, 7) is 8.94. The molecule has 0 aliphatic carbocycles. The van der Waals surface area contributed by atoms with E-state index in [0.717, 1.165) is 19.4 Å². The van der Waals surface area contributed by atoms with Gasteiger partial charge in [-0.15, -0.1) is 0 Å².